The molecule has 0 aliphatic heterocycles. The van der Waals surface area contributed by atoms with E-state index in [-0.39, 0.29) is 18.8 Å². The van der Waals surface area contributed by atoms with Crippen molar-refractivity contribution >= 4 is 34.8 Å². The van der Waals surface area contributed by atoms with E-state index in [2.05, 4.69) is 10.6 Å². The second-order valence-electron chi connectivity index (χ2n) is 5.85. The summed E-state index contributed by atoms with van der Waals surface area (Å²) in [6, 6.07) is 8.29. The van der Waals surface area contributed by atoms with E-state index in [9.17, 15) is 27.2 Å². The lowest BCUT2D eigenvalue weighted by atomic mass is 10.2. The lowest BCUT2D eigenvalue weighted by Gasteiger charge is -2.18. The molecule has 10 heteroatoms. The number of amides is 2. The van der Waals surface area contributed by atoms with Gasteiger partial charge in [0.15, 0.2) is 0 Å². The molecular formula is C18H16ClF4N3O2. The van der Waals surface area contributed by atoms with Crippen LogP contribution >= 0.6 is 11.6 Å². The lowest BCUT2D eigenvalue weighted by Crippen LogP contribution is -2.38. The van der Waals surface area contributed by atoms with Crippen molar-refractivity contribution in [3.8, 4) is 0 Å². The number of benzene rings is 2. The summed E-state index contributed by atoms with van der Waals surface area (Å²) in [7, 11) is 1.37. The summed E-state index contributed by atoms with van der Waals surface area (Å²) in [5.74, 6) is -1.47. The van der Waals surface area contributed by atoms with Gasteiger partial charge in [0.05, 0.1) is 23.7 Å². The van der Waals surface area contributed by atoms with E-state index in [0.717, 1.165) is 17.0 Å². The summed E-state index contributed by atoms with van der Waals surface area (Å²) in [6.45, 7) is -0.606. The summed E-state index contributed by atoms with van der Waals surface area (Å²) in [6.07, 6.45) is -4.62. The maximum Gasteiger partial charge on any atom is 0.417 e. The number of carbonyl (C=O) groups excluding carboxylic acids is 2. The zero-order chi connectivity index (χ0) is 20.9. The largest absolute Gasteiger partial charge is 0.417 e. The van der Waals surface area contributed by atoms with E-state index in [1.807, 2.05) is 0 Å². The van der Waals surface area contributed by atoms with Crippen LogP contribution in [-0.4, -0.2) is 36.9 Å². The van der Waals surface area contributed by atoms with Gasteiger partial charge in [-0.1, -0.05) is 11.6 Å². The Kier molecular flexibility index (Phi) is 6.85. The predicted molar refractivity (Wildman–Crippen MR) is 97.6 cm³/mol. The molecule has 0 fully saturated rings. The molecule has 0 unspecified atom stereocenters. The highest BCUT2D eigenvalue weighted by atomic mass is 35.5. The number of rotatable bonds is 6. The first kappa shape index (κ1) is 21.5. The van der Waals surface area contributed by atoms with Crippen LogP contribution in [0.3, 0.4) is 0 Å². The minimum atomic E-state index is -4.62. The standard InChI is InChI=1S/C18H16ClF4N3O2/c1-26(10-16(27)25-12-4-2-11(20)3-5-12)17(28)9-24-13-6-7-15(19)14(8-13)18(21,22)23/h2-8,24H,9-10H2,1H3,(H,25,27). The molecule has 2 N–H and O–H groups in total. The number of hydrogen-bond donors (Lipinski definition) is 2. The molecule has 2 aromatic rings. The van der Waals surface area contributed by atoms with Gasteiger partial charge in [0.25, 0.3) is 0 Å². The zero-order valence-corrected chi connectivity index (χ0v) is 15.4. The van der Waals surface area contributed by atoms with Crippen molar-refractivity contribution in [2.75, 3.05) is 30.8 Å². The maximum absolute atomic E-state index is 12.8. The van der Waals surface area contributed by atoms with Crippen molar-refractivity contribution in [1.29, 1.82) is 0 Å². The van der Waals surface area contributed by atoms with Gasteiger partial charge in [0, 0.05) is 18.4 Å². The molecule has 0 aliphatic rings. The maximum atomic E-state index is 12.8. The van der Waals surface area contributed by atoms with Gasteiger partial charge in [-0.15, -0.1) is 0 Å². The molecule has 0 bridgehead atoms. The van der Waals surface area contributed by atoms with Crippen LogP contribution < -0.4 is 10.6 Å². The van der Waals surface area contributed by atoms with Gasteiger partial charge >= 0.3 is 6.18 Å². The van der Waals surface area contributed by atoms with Crippen molar-refractivity contribution in [2.45, 2.75) is 6.18 Å². The Hall–Kier alpha value is -2.81. The van der Waals surface area contributed by atoms with Gasteiger partial charge in [-0.2, -0.15) is 13.2 Å². The average molecular weight is 418 g/mol. The normalized spacial score (nSPS) is 11.1. The third-order valence-electron chi connectivity index (χ3n) is 3.65. The molecule has 0 aliphatic carbocycles. The number of nitrogens with zero attached hydrogens (tertiary/aromatic N) is 1. The number of alkyl halides is 3. The van der Waals surface area contributed by atoms with Crippen LogP contribution in [0.4, 0.5) is 28.9 Å². The number of hydrogen-bond acceptors (Lipinski definition) is 3. The molecule has 0 heterocycles. The highest BCUT2D eigenvalue weighted by Gasteiger charge is 2.33. The quantitative estimate of drug-likeness (QED) is 0.698. The molecule has 0 radical (unpaired) electrons. The fourth-order valence-corrected chi connectivity index (χ4v) is 2.43. The number of nitrogens with one attached hydrogen (secondary N) is 2. The van der Waals surface area contributed by atoms with Crippen LogP contribution in [0, 0.1) is 5.82 Å². The summed E-state index contributed by atoms with van der Waals surface area (Å²) in [5, 5.41) is 4.63. The molecule has 0 spiro atoms. The van der Waals surface area contributed by atoms with Crippen molar-refractivity contribution in [3.63, 3.8) is 0 Å². The van der Waals surface area contributed by atoms with Gasteiger partial charge in [0.1, 0.15) is 5.82 Å². The average Bonchev–Trinajstić information content (AvgIpc) is 2.61. The van der Waals surface area contributed by atoms with Crippen molar-refractivity contribution in [3.05, 3.63) is 58.9 Å². The van der Waals surface area contributed by atoms with Crippen LogP contribution in [0.1, 0.15) is 5.56 Å². The predicted octanol–water partition coefficient (Wildman–Crippen LogP) is 4.01. The highest BCUT2D eigenvalue weighted by molar-refractivity contribution is 6.31. The first-order valence-electron chi connectivity index (χ1n) is 7.96. The van der Waals surface area contributed by atoms with Crippen LogP contribution in [-0.2, 0) is 15.8 Å². The van der Waals surface area contributed by atoms with Crippen LogP contribution in [0.5, 0.6) is 0 Å². The van der Waals surface area contributed by atoms with Crippen molar-refractivity contribution in [2.24, 2.45) is 0 Å². The topological polar surface area (TPSA) is 61.4 Å². The van der Waals surface area contributed by atoms with Gasteiger partial charge in [-0.3, -0.25) is 9.59 Å². The van der Waals surface area contributed by atoms with Crippen molar-refractivity contribution in [1.82, 2.24) is 4.90 Å². The molecular weight excluding hydrogens is 402 g/mol. The van der Waals surface area contributed by atoms with Gasteiger partial charge in [0.2, 0.25) is 11.8 Å². The van der Waals surface area contributed by atoms with E-state index in [1.54, 1.807) is 0 Å². The molecule has 0 saturated carbocycles. The van der Waals surface area contributed by atoms with Crippen LogP contribution in [0.2, 0.25) is 5.02 Å². The second-order valence-corrected chi connectivity index (χ2v) is 6.26. The molecule has 28 heavy (non-hydrogen) atoms. The first-order valence-corrected chi connectivity index (χ1v) is 8.34. The van der Waals surface area contributed by atoms with E-state index >= 15 is 0 Å². The monoisotopic (exact) mass is 417 g/mol. The first-order chi connectivity index (χ1) is 13.1. The number of likely N-dealkylation sites (N-methyl/N-ethyl adjacent to an activating group) is 1. The molecule has 0 aromatic heterocycles. The minimum Gasteiger partial charge on any atom is -0.376 e. The third kappa shape index (κ3) is 6.12. The number of halogens is 5. The van der Waals surface area contributed by atoms with Gasteiger partial charge in [-0.05, 0) is 42.5 Å². The van der Waals surface area contributed by atoms with Gasteiger partial charge in [-0.25, -0.2) is 4.39 Å². The fourth-order valence-electron chi connectivity index (χ4n) is 2.20. The lowest BCUT2D eigenvalue weighted by molar-refractivity contribution is -0.137. The zero-order valence-electron chi connectivity index (χ0n) is 14.6. The minimum absolute atomic E-state index is 0.0641. The summed E-state index contributed by atoms with van der Waals surface area (Å²) < 4.78 is 51.4. The molecule has 2 rings (SSSR count). The van der Waals surface area contributed by atoms with E-state index < -0.39 is 34.4 Å². The highest BCUT2D eigenvalue weighted by Crippen LogP contribution is 2.36. The number of carbonyl (C=O) groups is 2. The van der Waals surface area contributed by atoms with E-state index in [0.29, 0.717) is 5.69 Å². The van der Waals surface area contributed by atoms with Gasteiger partial charge < -0.3 is 15.5 Å². The van der Waals surface area contributed by atoms with E-state index in [4.69, 9.17) is 11.6 Å². The Morgan fingerprint density at radius 1 is 1.07 bits per heavy atom. The molecule has 5 nitrogen and oxygen atoms in total. The SMILES string of the molecule is CN(CC(=O)Nc1ccc(F)cc1)C(=O)CNc1ccc(Cl)c(C(F)(F)F)c1. The third-order valence-corrected chi connectivity index (χ3v) is 3.98. The Morgan fingerprint density at radius 2 is 1.68 bits per heavy atom. The molecule has 150 valence electrons. The van der Waals surface area contributed by atoms with Crippen molar-refractivity contribution < 1.29 is 27.2 Å². The van der Waals surface area contributed by atoms with E-state index in [1.165, 1.54) is 37.4 Å². The smallest absolute Gasteiger partial charge is 0.376 e. The number of anilines is 2. The Morgan fingerprint density at radius 3 is 2.29 bits per heavy atom. The van der Waals surface area contributed by atoms with Crippen LogP contribution in [0.15, 0.2) is 42.5 Å². The Bertz CT molecular complexity index is 857. The Balaban J connectivity index is 1.88. The molecule has 2 amide bonds. The molecule has 0 saturated heterocycles. The second kappa shape index (κ2) is 8.92. The Labute approximate surface area is 163 Å². The van der Waals surface area contributed by atoms with Crippen LogP contribution in [0.25, 0.3) is 0 Å². The summed E-state index contributed by atoms with van der Waals surface area (Å²) >= 11 is 5.54. The molecule has 0 atom stereocenters. The molecule has 2 aromatic carbocycles. The summed E-state index contributed by atoms with van der Waals surface area (Å²) in [4.78, 5) is 25.1. The summed E-state index contributed by atoms with van der Waals surface area (Å²) in [5.41, 5.74) is -0.584. The fraction of sp³-hybridized carbons (Fsp3) is 0.222.